The molecule has 0 aliphatic carbocycles. The average Bonchev–Trinajstić information content (AvgIpc) is 3.46. The van der Waals surface area contributed by atoms with Crippen LogP contribution in [0, 0.1) is 11.8 Å². The molecule has 0 amide bonds. The van der Waals surface area contributed by atoms with Gasteiger partial charge in [0.2, 0.25) is 0 Å². The third-order valence-electron chi connectivity index (χ3n) is 6.22. The zero-order valence-electron chi connectivity index (χ0n) is 18.5. The van der Waals surface area contributed by atoms with Gasteiger partial charge in [-0.2, -0.15) is 0 Å². The van der Waals surface area contributed by atoms with Gasteiger partial charge in [-0.25, -0.2) is 0 Å². The van der Waals surface area contributed by atoms with Gasteiger partial charge in [0.15, 0.2) is 5.96 Å². The summed E-state index contributed by atoms with van der Waals surface area (Å²) in [6.07, 6.45) is 2.40. The zero-order chi connectivity index (χ0) is 20.6. The van der Waals surface area contributed by atoms with E-state index < -0.39 is 0 Å². The molecule has 0 saturated carbocycles. The molecular formula is C25H35IN4O. The Morgan fingerprint density at radius 2 is 1.68 bits per heavy atom. The monoisotopic (exact) mass is 534 g/mol. The highest BCUT2D eigenvalue weighted by Gasteiger charge is 2.27. The molecule has 0 bridgehead atoms. The smallest absolute Gasteiger partial charge is 0.193 e. The molecule has 1 N–H and O–H groups in total. The number of nitrogens with one attached hydrogen (secondary N) is 1. The predicted octanol–water partition coefficient (Wildman–Crippen LogP) is 4.25. The molecule has 31 heavy (non-hydrogen) atoms. The van der Waals surface area contributed by atoms with Gasteiger partial charge in [-0.15, -0.1) is 24.0 Å². The molecule has 2 fully saturated rings. The van der Waals surface area contributed by atoms with Gasteiger partial charge in [-0.05, 0) is 36.5 Å². The number of rotatable bonds is 7. The maximum absolute atomic E-state index is 5.97. The second kappa shape index (κ2) is 12.3. The van der Waals surface area contributed by atoms with E-state index in [-0.39, 0.29) is 24.0 Å². The molecule has 4 rings (SSSR count). The van der Waals surface area contributed by atoms with Crippen LogP contribution < -0.4 is 10.2 Å². The number of benzene rings is 2. The van der Waals surface area contributed by atoms with E-state index in [9.17, 15) is 0 Å². The van der Waals surface area contributed by atoms with Crippen molar-refractivity contribution < 1.29 is 4.74 Å². The van der Waals surface area contributed by atoms with Crippen LogP contribution in [0.15, 0.2) is 65.7 Å². The third-order valence-corrected chi connectivity index (χ3v) is 6.22. The van der Waals surface area contributed by atoms with Crippen LogP contribution in [0.1, 0.15) is 18.4 Å². The van der Waals surface area contributed by atoms with Crippen molar-refractivity contribution in [2.45, 2.75) is 19.4 Å². The lowest BCUT2D eigenvalue weighted by molar-refractivity contribution is 0.0906. The highest BCUT2D eigenvalue weighted by molar-refractivity contribution is 14.0. The Bertz CT molecular complexity index is 802. The number of likely N-dealkylation sites (tertiary alicyclic amines) is 1. The number of hydrogen-bond acceptors (Lipinski definition) is 3. The summed E-state index contributed by atoms with van der Waals surface area (Å²) < 4.78 is 5.97. The quantitative estimate of drug-likeness (QED) is 0.328. The van der Waals surface area contributed by atoms with Crippen LogP contribution in [0.25, 0.3) is 0 Å². The molecule has 2 aromatic rings. The van der Waals surface area contributed by atoms with Crippen molar-refractivity contribution in [2.75, 3.05) is 51.3 Å². The minimum absolute atomic E-state index is 0. The van der Waals surface area contributed by atoms with E-state index in [1.54, 1.807) is 0 Å². The van der Waals surface area contributed by atoms with Crippen LogP contribution in [0.4, 0.5) is 5.69 Å². The lowest BCUT2D eigenvalue weighted by Crippen LogP contribution is -2.42. The maximum Gasteiger partial charge on any atom is 0.193 e. The second-order valence-corrected chi connectivity index (χ2v) is 8.47. The highest BCUT2D eigenvalue weighted by Crippen LogP contribution is 2.23. The van der Waals surface area contributed by atoms with Crippen LogP contribution in [-0.2, 0) is 11.3 Å². The Labute approximate surface area is 203 Å². The van der Waals surface area contributed by atoms with Gasteiger partial charge in [0.05, 0.1) is 13.2 Å². The molecule has 5 nitrogen and oxygen atoms in total. The Morgan fingerprint density at radius 3 is 2.42 bits per heavy atom. The van der Waals surface area contributed by atoms with Gasteiger partial charge in [0.25, 0.3) is 0 Å². The molecule has 2 heterocycles. The van der Waals surface area contributed by atoms with Crippen LogP contribution in [0.3, 0.4) is 0 Å². The first-order valence-corrected chi connectivity index (χ1v) is 11.2. The van der Waals surface area contributed by atoms with Crippen molar-refractivity contribution in [1.82, 2.24) is 10.2 Å². The number of ether oxygens (including phenoxy) is 1. The van der Waals surface area contributed by atoms with Gasteiger partial charge < -0.3 is 19.9 Å². The van der Waals surface area contributed by atoms with Gasteiger partial charge >= 0.3 is 0 Å². The fraction of sp³-hybridized carbons (Fsp3) is 0.480. The molecule has 2 aliphatic rings. The van der Waals surface area contributed by atoms with Crippen LogP contribution >= 0.6 is 24.0 Å². The fourth-order valence-electron chi connectivity index (χ4n) is 4.52. The van der Waals surface area contributed by atoms with Crippen molar-refractivity contribution in [3.8, 4) is 0 Å². The SMILES string of the molecule is CN=C(NCC1CCN(c2ccccc2)C1)N1CCC(COCc2ccccc2)C1.I. The summed E-state index contributed by atoms with van der Waals surface area (Å²) in [5.41, 5.74) is 2.58. The lowest BCUT2D eigenvalue weighted by atomic mass is 10.1. The summed E-state index contributed by atoms with van der Waals surface area (Å²) in [6.45, 7) is 6.83. The van der Waals surface area contributed by atoms with Crippen molar-refractivity contribution in [2.24, 2.45) is 16.8 Å². The Morgan fingerprint density at radius 1 is 0.968 bits per heavy atom. The minimum atomic E-state index is 0. The van der Waals surface area contributed by atoms with Gasteiger partial charge in [-0.1, -0.05) is 48.5 Å². The summed E-state index contributed by atoms with van der Waals surface area (Å²) in [4.78, 5) is 9.43. The number of nitrogens with zero attached hydrogens (tertiary/aromatic N) is 3. The molecule has 2 atom stereocenters. The summed E-state index contributed by atoms with van der Waals surface area (Å²) in [6, 6.07) is 21.2. The minimum Gasteiger partial charge on any atom is -0.376 e. The maximum atomic E-state index is 5.97. The molecular weight excluding hydrogens is 499 g/mol. The van der Waals surface area contributed by atoms with E-state index in [0.29, 0.717) is 18.4 Å². The van der Waals surface area contributed by atoms with Gasteiger partial charge in [0.1, 0.15) is 0 Å². The summed E-state index contributed by atoms with van der Waals surface area (Å²) >= 11 is 0. The number of guanidine groups is 1. The number of anilines is 1. The fourth-order valence-corrected chi connectivity index (χ4v) is 4.52. The first kappa shape index (κ1) is 23.9. The van der Waals surface area contributed by atoms with Crippen molar-refractivity contribution in [3.63, 3.8) is 0 Å². The molecule has 2 saturated heterocycles. The summed E-state index contributed by atoms with van der Waals surface area (Å²) in [5, 5.41) is 3.64. The molecule has 2 aromatic carbocycles. The normalized spacial score (nSPS) is 21.3. The Kier molecular flexibility index (Phi) is 9.46. The van der Waals surface area contributed by atoms with Crippen LogP contribution in [0.5, 0.6) is 0 Å². The van der Waals surface area contributed by atoms with E-state index in [2.05, 4.69) is 74.7 Å². The standard InChI is InChI=1S/C25H34N4O.HI/c1-26-25(27-16-22-12-14-28(17-22)24-10-6-3-7-11-24)29-15-13-23(18-29)20-30-19-21-8-4-2-5-9-21;/h2-11,22-23H,12-20H2,1H3,(H,26,27);1H. The largest absolute Gasteiger partial charge is 0.376 e. The van der Waals surface area contributed by atoms with E-state index in [4.69, 9.17) is 4.74 Å². The number of halogens is 1. The Balaban J connectivity index is 0.00000272. The molecule has 168 valence electrons. The highest BCUT2D eigenvalue weighted by atomic mass is 127. The Hall–Kier alpha value is -1.80. The second-order valence-electron chi connectivity index (χ2n) is 8.47. The van der Waals surface area contributed by atoms with E-state index in [0.717, 1.165) is 45.3 Å². The molecule has 2 unspecified atom stereocenters. The van der Waals surface area contributed by atoms with Crippen molar-refractivity contribution >= 4 is 35.6 Å². The predicted molar refractivity (Wildman–Crippen MR) is 139 cm³/mol. The molecule has 0 spiro atoms. The first-order chi connectivity index (χ1) is 14.8. The molecule has 6 heteroatoms. The van der Waals surface area contributed by atoms with Crippen molar-refractivity contribution in [1.29, 1.82) is 0 Å². The van der Waals surface area contributed by atoms with Crippen LogP contribution in [0.2, 0.25) is 0 Å². The van der Waals surface area contributed by atoms with E-state index >= 15 is 0 Å². The molecule has 0 radical (unpaired) electrons. The average molecular weight is 534 g/mol. The van der Waals surface area contributed by atoms with Gasteiger partial charge in [0, 0.05) is 51.4 Å². The number of para-hydroxylation sites is 1. The molecule has 0 aromatic heterocycles. The van der Waals surface area contributed by atoms with E-state index in [1.807, 2.05) is 13.1 Å². The van der Waals surface area contributed by atoms with Gasteiger partial charge in [-0.3, -0.25) is 4.99 Å². The molecule has 2 aliphatic heterocycles. The third kappa shape index (κ3) is 6.84. The topological polar surface area (TPSA) is 40.1 Å². The number of hydrogen-bond donors (Lipinski definition) is 1. The van der Waals surface area contributed by atoms with E-state index in [1.165, 1.54) is 24.1 Å². The number of aliphatic imine (C=N–C) groups is 1. The van der Waals surface area contributed by atoms with Crippen molar-refractivity contribution in [3.05, 3.63) is 66.2 Å². The first-order valence-electron chi connectivity index (χ1n) is 11.2. The lowest BCUT2D eigenvalue weighted by Gasteiger charge is -2.23. The zero-order valence-corrected chi connectivity index (χ0v) is 20.8. The van der Waals surface area contributed by atoms with Crippen LogP contribution in [-0.4, -0.2) is 57.2 Å². The summed E-state index contributed by atoms with van der Waals surface area (Å²) in [7, 11) is 1.90. The summed E-state index contributed by atoms with van der Waals surface area (Å²) in [5.74, 6) is 2.28.